The van der Waals surface area contributed by atoms with Gasteiger partial charge in [-0.3, -0.25) is 9.79 Å². The van der Waals surface area contributed by atoms with E-state index in [0.29, 0.717) is 44.1 Å². The van der Waals surface area contributed by atoms with Crippen LogP contribution in [0.3, 0.4) is 0 Å². The third-order valence-electron chi connectivity index (χ3n) is 4.26. The van der Waals surface area contributed by atoms with Gasteiger partial charge in [0.25, 0.3) is 5.91 Å². The van der Waals surface area contributed by atoms with E-state index in [9.17, 15) is 18.7 Å². The number of carbonyl (C=O) groups is 1. The minimum atomic E-state index is -2.84. The molecule has 0 saturated heterocycles. The highest BCUT2D eigenvalue weighted by Gasteiger charge is 2.09. The van der Waals surface area contributed by atoms with Crippen LogP contribution in [0.1, 0.15) is 29.3 Å². The predicted molar refractivity (Wildman–Crippen MR) is 116 cm³/mol. The summed E-state index contributed by atoms with van der Waals surface area (Å²) in [6, 6.07) is 12.7. The van der Waals surface area contributed by atoms with Crippen molar-refractivity contribution in [1.82, 2.24) is 15.5 Å². The molecule has 3 N–H and O–H groups in total. The second kappa shape index (κ2) is 12.4. The van der Waals surface area contributed by atoms with Gasteiger partial charge in [0, 0.05) is 38.8 Å². The average molecular weight is 434 g/mol. The first-order chi connectivity index (χ1) is 14.9. The van der Waals surface area contributed by atoms with Crippen LogP contribution in [0.5, 0.6) is 11.5 Å². The van der Waals surface area contributed by atoms with E-state index >= 15 is 0 Å². The maximum atomic E-state index is 12.3. The summed E-state index contributed by atoms with van der Waals surface area (Å²) in [5.74, 6) is 0.624. The first-order valence-electron chi connectivity index (χ1n) is 9.99. The fourth-order valence-electron chi connectivity index (χ4n) is 2.81. The van der Waals surface area contributed by atoms with Crippen molar-refractivity contribution in [2.24, 2.45) is 4.99 Å². The Hall–Kier alpha value is -3.36. The zero-order chi connectivity index (χ0) is 22.6. The lowest BCUT2D eigenvalue weighted by Gasteiger charge is -2.22. The van der Waals surface area contributed by atoms with Crippen molar-refractivity contribution in [2.75, 3.05) is 26.7 Å². The Morgan fingerprint density at radius 1 is 1.19 bits per heavy atom. The van der Waals surface area contributed by atoms with E-state index in [1.807, 2.05) is 18.9 Å². The fraction of sp³-hybridized carbons (Fsp3) is 0.364. The van der Waals surface area contributed by atoms with Crippen LogP contribution < -0.4 is 15.4 Å². The number of benzene rings is 2. The number of hydrogen-bond acceptors (Lipinski definition) is 4. The summed E-state index contributed by atoms with van der Waals surface area (Å²) in [5, 5.41) is 15.5. The Labute approximate surface area is 180 Å². The lowest BCUT2D eigenvalue weighted by atomic mass is 10.2. The lowest BCUT2D eigenvalue weighted by Crippen LogP contribution is -2.38. The highest BCUT2D eigenvalue weighted by atomic mass is 19.3. The molecule has 0 atom stereocenters. The van der Waals surface area contributed by atoms with Crippen LogP contribution in [-0.2, 0) is 6.54 Å². The molecule has 2 rings (SSSR count). The number of aromatic hydroxyl groups is 1. The Balaban J connectivity index is 1.82. The van der Waals surface area contributed by atoms with E-state index in [1.54, 1.807) is 24.3 Å². The third-order valence-corrected chi connectivity index (χ3v) is 4.26. The SMILES string of the molecule is CCNC(=NCCCNC(=O)c1cccc(O)c1)N(C)Cc1ccc(OC(F)F)cc1. The quantitative estimate of drug-likeness (QED) is 0.304. The number of nitrogens with zero attached hydrogens (tertiary/aromatic N) is 2. The summed E-state index contributed by atoms with van der Waals surface area (Å²) in [6.45, 7) is 1.31. The van der Waals surface area contributed by atoms with Gasteiger partial charge in [0.2, 0.25) is 0 Å². The van der Waals surface area contributed by atoms with Gasteiger partial charge in [-0.1, -0.05) is 18.2 Å². The van der Waals surface area contributed by atoms with Gasteiger partial charge >= 0.3 is 6.61 Å². The molecule has 0 aliphatic rings. The van der Waals surface area contributed by atoms with E-state index < -0.39 is 6.61 Å². The summed E-state index contributed by atoms with van der Waals surface area (Å²) in [7, 11) is 1.88. The Morgan fingerprint density at radius 3 is 2.58 bits per heavy atom. The molecule has 2 aromatic rings. The number of phenolic OH excluding ortho intramolecular Hbond substituents is 1. The van der Waals surface area contributed by atoms with E-state index in [1.165, 1.54) is 24.3 Å². The van der Waals surface area contributed by atoms with Gasteiger partial charge in [-0.25, -0.2) is 0 Å². The van der Waals surface area contributed by atoms with Gasteiger partial charge in [0.05, 0.1) is 0 Å². The predicted octanol–water partition coefficient (Wildman–Crippen LogP) is 3.21. The topological polar surface area (TPSA) is 86.2 Å². The zero-order valence-corrected chi connectivity index (χ0v) is 17.6. The molecular formula is C22H28F2N4O3. The number of nitrogens with one attached hydrogen (secondary N) is 2. The minimum absolute atomic E-state index is 0.0479. The van der Waals surface area contributed by atoms with Crippen molar-refractivity contribution in [3.63, 3.8) is 0 Å². The first kappa shape index (κ1) is 23.9. The number of phenols is 1. The molecule has 7 nitrogen and oxygen atoms in total. The number of rotatable bonds is 10. The molecule has 0 heterocycles. The smallest absolute Gasteiger partial charge is 0.387 e. The van der Waals surface area contributed by atoms with Crippen molar-refractivity contribution in [3.8, 4) is 11.5 Å². The Bertz CT molecular complexity index is 860. The number of guanidine groups is 1. The number of hydrogen-bond donors (Lipinski definition) is 3. The van der Waals surface area contributed by atoms with E-state index in [2.05, 4.69) is 20.4 Å². The molecule has 0 fully saturated rings. The Morgan fingerprint density at radius 2 is 1.94 bits per heavy atom. The summed E-state index contributed by atoms with van der Waals surface area (Å²) in [4.78, 5) is 18.6. The third kappa shape index (κ3) is 8.49. The largest absolute Gasteiger partial charge is 0.508 e. The second-order valence-electron chi connectivity index (χ2n) is 6.77. The number of ether oxygens (including phenoxy) is 1. The molecule has 2 aromatic carbocycles. The molecule has 0 saturated carbocycles. The number of aliphatic imine (C=N–C) groups is 1. The molecule has 0 aliphatic carbocycles. The van der Waals surface area contributed by atoms with Crippen molar-refractivity contribution in [2.45, 2.75) is 26.5 Å². The maximum Gasteiger partial charge on any atom is 0.387 e. The number of halogens is 2. The van der Waals surface area contributed by atoms with Crippen molar-refractivity contribution in [1.29, 1.82) is 0 Å². The molecule has 0 radical (unpaired) electrons. The molecule has 0 unspecified atom stereocenters. The fourth-order valence-corrected chi connectivity index (χ4v) is 2.81. The molecule has 0 spiro atoms. The Kier molecular flexibility index (Phi) is 9.54. The number of amides is 1. The monoisotopic (exact) mass is 434 g/mol. The van der Waals surface area contributed by atoms with Crippen LogP contribution in [0, 0.1) is 0 Å². The van der Waals surface area contributed by atoms with Gasteiger partial charge < -0.3 is 25.4 Å². The van der Waals surface area contributed by atoms with Gasteiger partial charge in [-0.2, -0.15) is 8.78 Å². The molecule has 31 heavy (non-hydrogen) atoms. The number of carbonyl (C=O) groups excluding carboxylic acids is 1. The number of alkyl halides is 2. The molecule has 0 aliphatic heterocycles. The summed E-state index contributed by atoms with van der Waals surface area (Å²) in [5.41, 5.74) is 1.33. The van der Waals surface area contributed by atoms with Gasteiger partial charge in [-0.05, 0) is 49.2 Å². The van der Waals surface area contributed by atoms with E-state index in [0.717, 1.165) is 5.56 Å². The maximum absolute atomic E-state index is 12.3. The molecule has 9 heteroatoms. The van der Waals surface area contributed by atoms with Crippen molar-refractivity contribution in [3.05, 3.63) is 59.7 Å². The summed E-state index contributed by atoms with van der Waals surface area (Å²) in [6.07, 6.45) is 0.646. The second-order valence-corrected chi connectivity index (χ2v) is 6.77. The lowest BCUT2D eigenvalue weighted by molar-refractivity contribution is -0.0498. The molecular weight excluding hydrogens is 406 g/mol. The van der Waals surface area contributed by atoms with Crippen molar-refractivity contribution < 1.29 is 23.4 Å². The van der Waals surface area contributed by atoms with Crippen LogP contribution in [0.2, 0.25) is 0 Å². The zero-order valence-electron chi connectivity index (χ0n) is 17.6. The van der Waals surface area contributed by atoms with Gasteiger partial charge in [-0.15, -0.1) is 0 Å². The summed E-state index contributed by atoms with van der Waals surface area (Å²) < 4.78 is 28.9. The normalized spacial score (nSPS) is 11.3. The van der Waals surface area contributed by atoms with Crippen LogP contribution in [0.25, 0.3) is 0 Å². The first-order valence-corrected chi connectivity index (χ1v) is 9.99. The molecule has 168 valence electrons. The van der Waals surface area contributed by atoms with Gasteiger partial charge in [0.1, 0.15) is 11.5 Å². The highest BCUT2D eigenvalue weighted by molar-refractivity contribution is 5.94. The van der Waals surface area contributed by atoms with E-state index in [-0.39, 0.29) is 17.4 Å². The van der Waals surface area contributed by atoms with E-state index in [4.69, 9.17) is 0 Å². The van der Waals surface area contributed by atoms with Crippen LogP contribution in [0.15, 0.2) is 53.5 Å². The average Bonchev–Trinajstić information content (AvgIpc) is 2.73. The minimum Gasteiger partial charge on any atom is -0.508 e. The standard InChI is InChI=1S/C22H28F2N4O3/c1-3-25-22(28(2)15-16-8-10-19(11-9-16)31-21(23)24)27-13-5-12-26-20(30)17-6-4-7-18(29)14-17/h4,6-11,14,21,29H,3,5,12-13,15H2,1-2H3,(H,25,27)(H,26,30). The van der Waals surface area contributed by atoms with Crippen LogP contribution in [-0.4, -0.2) is 55.2 Å². The van der Waals surface area contributed by atoms with Crippen molar-refractivity contribution >= 4 is 11.9 Å². The van der Waals surface area contributed by atoms with Gasteiger partial charge in [0.15, 0.2) is 5.96 Å². The van der Waals surface area contributed by atoms with Crippen LogP contribution in [0.4, 0.5) is 8.78 Å². The highest BCUT2D eigenvalue weighted by Crippen LogP contribution is 2.16. The molecule has 1 amide bonds. The summed E-state index contributed by atoms with van der Waals surface area (Å²) >= 11 is 0. The van der Waals surface area contributed by atoms with Crippen LogP contribution >= 0.6 is 0 Å². The molecule has 0 aromatic heterocycles. The molecule has 0 bridgehead atoms.